The van der Waals surface area contributed by atoms with Gasteiger partial charge in [-0.15, -0.1) is 11.3 Å². The number of halogens is 6. The maximum absolute atomic E-state index is 14.3. The molecule has 1 N–H and O–H groups in total. The summed E-state index contributed by atoms with van der Waals surface area (Å²) in [5.41, 5.74) is -0.0544. The largest absolute Gasteiger partial charge is 0.499 e. The number of aromatic nitrogens is 1. The van der Waals surface area contributed by atoms with E-state index in [2.05, 4.69) is 4.74 Å². The van der Waals surface area contributed by atoms with E-state index in [-0.39, 0.29) is 33.5 Å². The lowest BCUT2D eigenvalue weighted by Crippen LogP contribution is -2.41. The number of hydrogen-bond donors (Lipinski definition) is 1. The molecular weight excluding hydrogens is 468 g/mol. The van der Waals surface area contributed by atoms with Gasteiger partial charge in [-0.05, 0) is 18.6 Å². The number of ether oxygens (including phenoxy) is 2. The first kappa shape index (κ1) is 23.4. The van der Waals surface area contributed by atoms with Crippen molar-refractivity contribution in [1.82, 2.24) is 4.57 Å². The molecule has 3 rings (SSSR count). The van der Waals surface area contributed by atoms with Crippen molar-refractivity contribution in [2.75, 3.05) is 7.11 Å². The van der Waals surface area contributed by atoms with Crippen molar-refractivity contribution in [3.8, 4) is 10.8 Å². The Bertz CT molecular complexity index is 1210. The van der Waals surface area contributed by atoms with Crippen LogP contribution in [0.1, 0.15) is 21.6 Å². The number of fused-ring (bicyclic) bond motifs is 1. The van der Waals surface area contributed by atoms with Crippen LogP contribution in [0.5, 0.6) is 10.8 Å². The number of benzene rings is 1. The minimum absolute atomic E-state index is 0.0312. The van der Waals surface area contributed by atoms with E-state index in [1.165, 1.54) is 20.1 Å². The van der Waals surface area contributed by atoms with Gasteiger partial charge < -0.3 is 14.6 Å². The van der Waals surface area contributed by atoms with Gasteiger partial charge in [0.25, 0.3) is 5.91 Å². The normalized spacial score (nSPS) is 12.2. The van der Waals surface area contributed by atoms with Crippen LogP contribution in [0.25, 0.3) is 10.9 Å². The number of alkyl halides is 5. The molecule has 0 atom stereocenters. The van der Waals surface area contributed by atoms with Gasteiger partial charge in [0.1, 0.15) is 0 Å². The number of carbonyl (C=O) groups is 2. The Morgan fingerprint density at radius 3 is 2.38 bits per heavy atom. The molecule has 0 saturated carbocycles. The lowest BCUT2D eigenvalue weighted by Gasteiger charge is -2.18. The highest BCUT2D eigenvalue weighted by molar-refractivity contribution is 7.12. The van der Waals surface area contributed by atoms with Crippen LogP contribution in [0.3, 0.4) is 0 Å². The van der Waals surface area contributed by atoms with Gasteiger partial charge >= 0.3 is 18.3 Å². The third-order valence-corrected chi connectivity index (χ3v) is 5.33. The maximum atomic E-state index is 14.3. The summed E-state index contributed by atoms with van der Waals surface area (Å²) >= 11 is 0.329. The minimum Gasteiger partial charge on any atom is -0.494 e. The van der Waals surface area contributed by atoms with E-state index in [1.807, 2.05) is 0 Å². The number of methoxy groups -OCH3 is 1. The smallest absolute Gasteiger partial charge is 0.494 e. The summed E-state index contributed by atoms with van der Waals surface area (Å²) in [6.45, 7) is 1.39. The monoisotopic (exact) mass is 481 g/mol. The second kappa shape index (κ2) is 8.04. The van der Waals surface area contributed by atoms with Crippen molar-refractivity contribution >= 4 is 34.1 Å². The average Bonchev–Trinajstić information content (AvgIpc) is 3.22. The lowest BCUT2D eigenvalue weighted by molar-refractivity contribution is -0.359. The van der Waals surface area contributed by atoms with Crippen molar-refractivity contribution in [1.29, 1.82) is 0 Å². The molecule has 0 spiro atoms. The molecule has 1 aromatic carbocycles. The zero-order chi connectivity index (χ0) is 24.0. The van der Waals surface area contributed by atoms with Gasteiger partial charge in [0.2, 0.25) is 0 Å². The number of hydrogen-bond acceptors (Lipinski definition) is 5. The summed E-state index contributed by atoms with van der Waals surface area (Å²) in [6, 6.07) is 2.84. The highest BCUT2D eigenvalue weighted by Gasteiger charge is 2.61. The van der Waals surface area contributed by atoms with Crippen molar-refractivity contribution in [2.24, 2.45) is 0 Å². The molecule has 2 heterocycles. The molecule has 0 amide bonds. The number of carboxylic acid groups (broad SMARTS) is 1. The first-order valence-electron chi connectivity index (χ1n) is 8.62. The number of carbonyl (C=O) groups excluding carboxylic acids is 1. The predicted octanol–water partition coefficient (Wildman–Crippen LogP) is 5.01. The third kappa shape index (κ3) is 4.11. The van der Waals surface area contributed by atoms with Crippen LogP contribution in [0.15, 0.2) is 23.6 Å². The van der Waals surface area contributed by atoms with E-state index in [0.717, 1.165) is 16.0 Å². The molecule has 0 radical (unpaired) electrons. The molecular formula is C19H13F6NO5S. The fourth-order valence-electron chi connectivity index (χ4n) is 3.07. The van der Waals surface area contributed by atoms with Gasteiger partial charge in [0.15, 0.2) is 16.6 Å². The SMILES string of the molecule is COc1cc2c(CC(=O)O)c(C)n(C(=O)c3csc(OC(F)(F)C(F)(F)F)c3)c2cc1F. The second-order valence-corrected chi connectivity index (χ2v) is 7.42. The van der Waals surface area contributed by atoms with Crippen LogP contribution >= 0.6 is 11.3 Å². The number of rotatable bonds is 6. The first-order valence-corrected chi connectivity index (χ1v) is 9.50. The molecule has 0 aliphatic rings. The van der Waals surface area contributed by atoms with E-state index in [9.17, 15) is 41.0 Å². The quantitative estimate of drug-likeness (QED) is 0.501. The first-order chi connectivity index (χ1) is 14.8. The van der Waals surface area contributed by atoms with E-state index >= 15 is 0 Å². The summed E-state index contributed by atoms with van der Waals surface area (Å²) < 4.78 is 87.1. The van der Waals surface area contributed by atoms with Gasteiger partial charge in [-0.2, -0.15) is 22.0 Å². The molecule has 0 aliphatic heterocycles. The summed E-state index contributed by atoms with van der Waals surface area (Å²) in [4.78, 5) is 24.3. The molecule has 0 bridgehead atoms. The molecule has 3 aromatic rings. The molecule has 0 saturated heterocycles. The Hall–Kier alpha value is -3.22. The Kier molecular flexibility index (Phi) is 5.89. The third-order valence-electron chi connectivity index (χ3n) is 4.52. The van der Waals surface area contributed by atoms with Crippen molar-refractivity contribution in [2.45, 2.75) is 25.6 Å². The molecule has 6 nitrogen and oxygen atoms in total. The van der Waals surface area contributed by atoms with Gasteiger partial charge in [-0.3, -0.25) is 14.2 Å². The van der Waals surface area contributed by atoms with Gasteiger partial charge in [-0.25, -0.2) is 4.39 Å². The number of aliphatic carboxylic acids is 1. The van der Waals surface area contributed by atoms with Crippen LogP contribution in [0.4, 0.5) is 26.3 Å². The van der Waals surface area contributed by atoms with E-state index in [1.54, 1.807) is 0 Å². The van der Waals surface area contributed by atoms with E-state index < -0.39 is 41.5 Å². The van der Waals surface area contributed by atoms with Gasteiger partial charge in [0.05, 0.1) is 24.6 Å². The van der Waals surface area contributed by atoms with Crippen LogP contribution in [0, 0.1) is 12.7 Å². The minimum atomic E-state index is -5.96. The molecule has 32 heavy (non-hydrogen) atoms. The molecule has 0 fully saturated rings. The highest BCUT2D eigenvalue weighted by atomic mass is 32.1. The molecule has 13 heteroatoms. The molecule has 2 aromatic heterocycles. The number of carboxylic acids is 1. The predicted molar refractivity (Wildman–Crippen MR) is 100 cm³/mol. The zero-order valence-corrected chi connectivity index (χ0v) is 17.0. The number of nitrogens with zero attached hydrogens (tertiary/aromatic N) is 1. The number of thiophene rings is 1. The Labute approximate surface area is 179 Å². The van der Waals surface area contributed by atoms with Crippen LogP contribution < -0.4 is 9.47 Å². The van der Waals surface area contributed by atoms with E-state index in [0.29, 0.717) is 17.4 Å². The molecule has 0 aliphatic carbocycles. The summed E-state index contributed by atoms with van der Waals surface area (Å²) in [5.74, 6) is -3.19. The summed E-state index contributed by atoms with van der Waals surface area (Å²) in [6.07, 6.45) is -12.0. The highest BCUT2D eigenvalue weighted by Crippen LogP contribution is 2.40. The average molecular weight is 481 g/mol. The molecule has 172 valence electrons. The van der Waals surface area contributed by atoms with Crippen LogP contribution in [0.2, 0.25) is 0 Å². The van der Waals surface area contributed by atoms with Crippen molar-refractivity contribution in [3.63, 3.8) is 0 Å². The van der Waals surface area contributed by atoms with Gasteiger partial charge in [-0.1, -0.05) is 0 Å². The van der Waals surface area contributed by atoms with Crippen molar-refractivity contribution < 1.29 is 50.5 Å². The fraction of sp³-hybridized carbons (Fsp3) is 0.263. The van der Waals surface area contributed by atoms with Crippen LogP contribution in [-0.2, 0) is 11.2 Å². The summed E-state index contributed by atoms with van der Waals surface area (Å²) in [5, 5.41) is 9.52. The van der Waals surface area contributed by atoms with E-state index in [4.69, 9.17) is 4.74 Å². The Morgan fingerprint density at radius 1 is 1.16 bits per heavy atom. The van der Waals surface area contributed by atoms with Gasteiger partial charge in [0, 0.05) is 28.6 Å². The lowest BCUT2D eigenvalue weighted by atomic mass is 10.1. The summed E-state index contributed by atoms with van der Waals surface area (Å²) in [7, 11) is 1.19. The molecule has 0 unspecified atom stereocenters. The maximum Gasteiger partial charge on any atom is 0.499 e. The zero-order valence-electron chi connectivity index (χ0n) is 16.2. The fourth-order valence-corrected chi connectivity index (χ4v) is 3.83. The standard InChI is InChI=1S/C19H13F6NO5S/c1-8-10(5-15(27)28)11-4-14(30-2)12(20)6-13(11)26(8)17(29)9-3-16(32-7-9)31-19(24,25)18(21,22)23/h3-4,6-7H,5H2,1-2H3,(H,27,28). The topological polar surface area (TPSA) is 77.8 Å². The van der Waals surface area contributed by atoms with Crippen LogP contribution in [-0.4, -0.2) is 40.9 Å². The Balaban J connectivity index is 2.09. The second-order valence-electron chi connectivity index (χ2n) is 6.55. The Morgan fingerprint density at radius 2 is 1.81 bits per heavy atom. The van der Waals surface area contributed by atoms with Crippen molar-refractivity contribution in [3.05, 3.63) is 46.2 Å².